The topological polar surface area (TPSA) is 61.6 Å². The van der Waals surface area contributed by atoms with E-state index >= 15 is 0 Å². The molecule has 0 spiro atoms. The number of nitrogens with zero attached hydrogens (tertiary/aromatic N) is 3. The Kier molecular flexibility index (Phi) is 2.68. The van der Waals surface area contributed by atoms with Crippen molar-refractivity contribution in [2.24, 2.45) is 17.8 Å². The van der Waals surface area contributed by atoms with Crippen molar-refractivity contribution in [1.29, 1.82) is 5.26 Å². The molecule has 1 N–H and O–H groups in total. The van der Waals surface area contributed by atoms with Crippen LogP contribution >= 0.6 is 0 Å². The largest absolute Gasteiger partial charge is 0.354 e. The van der Waals surface area contributed by atoms with Gasteiger partial charge in [0.1, 0.15) is 11.8 Å². The quantitative estimate of drug-likeness (QED) is 0.861. The van der Waals surface area contributed by atoms with Crippen molar-refractivity contribution in [3.8, 4) is 6.07 Å². The van der Waals surface area contributed by atoms with Gasteiger partial charge in [-0.1, -0.05) is 6.42 Å². The number of hydrogen-bond donors (Lipinski definition) is 1. The zero-order valence-electron chi connectivity index (χ0n) is 9.76. The highest BCUT2D eigenvalue weighted by molar-refractivity contribution is 5.30. The first-order chi connectivity index (χ1) is 8.35. The van der Waals surface area contributed by atoms with Crippen LogP contribution in [0.3, 0.4) is 0 Å². The van der Waals surface area contributed by atoms with Gasteiger partial charge < -0.3 is 5.32 Å². The van der Waals surface area contributed by atoms with E-state index in [9.17, 15) is 0 Å². The predicted octanol–water partition coefficient (Wildman–Crippen LogP) is 2.20. The zero-order chi connectivity index (χ0) is 11.7. The molecule has 2 aliphatic rings. The van der Waals surface area contributed by atoms with Gasteiger partial charge in [-0.2, -0.15) is 5.26 Å². The Balaban J connectivity index is 1.59. The normalized spacial score (nSPS) is 30.2. The minimum absolute atomic E-state index is 0.426. The summed E-state index contributed by atoms with van der Waals surface area (Å²) in [6.07, 6.45) is 7.24. The van der Waals surface area contributed by atoms with Gasteiger partial charge in [-0.15, -0.1) is 0 Å². The van der Waals surface area contributed by atoms with Crippen LogP contribution in [0.2, 0.25) is 0 Å². The van der Waals surface area contributed by atoms with Crippen molar-refractivity contribution in [2.75, 3.05) is 11.9 Å². The van der Waals surface area contributed by atoms with Gasteiger partial charge in [0.05, 0.1) is 0 Å². The van der Waals surface area contributed by atoms with Crippen molar-refractivity contribution in [2.45, 2.75) is 25.7 Å². The molecule has 0 saturated heterocycles. The van der Waals surface area contributed by atoms with Crippen molar-refractivity contribution >= 4 is 5.95 Å². The van der Waals surface area contributed by atoms with Crippen LogP contribution in [0.1, 0.15) is 31.4 Å². The minimum Gasteiger partial charge on any atom is -0.354 e. The standard InChI is InChI=1S/C13H16N4/c14-7-12-3-4-15-13(17-12)16-8-11-6-9-1-2-10(11)5-9/h3-4,9-11H,1-2,5-6,8H2,(H,15,16,17). The highest BCUT2D eigenvalue weighted by Gasteiger charge is 2.39. The van der Waals surface area contributed by atoms with E-state index in [0.29, 0.717) is 11.6 Å². The molecule has 2 saturated carbocycles. The summed E-state index contributed by atoms with van der Waals surface area (Å²) in [5.41, 5.74) is 0.426. The third-order valence-corrected chi connectivity index (χ3v) is 4.18. The van der Waals surface area contributed by atoms with Gasteiger partial charge in [0.15, 0.2) is 0 Å². The molecule has 0 aromatic carbocycles. The first-order valence-electron chi connectivity index (χ1n) is 6.32. The molecule has 2 fully saturated rings. The molecule has 0 aliphatic heterocycles. The summed E-state index contributed by atoms with van der Waals surface area (Å²) in [7, 11) is 0. The molecule has 88 valence electrons. The monoisotopic (exact) mass is 228 g/mol. The van der Waals surface area contributed by atoms with Crippen LogP contribution in [-0.4, -0.2) is 16.5 Å². The lowest BCUT2D eigenvalue weighted by Gasteiger charge is -2.21. The highest BCUT2D eigenvalue weighted by atomic mass is 15.1. The molecule has 0 amide bonds. The molecule has 1 aromatic rings. The Morgan fingerprint density at radius 1 is 1.41 bits per heavy atom. The van der Waals surface area contributed by atoms with Crippen molar-refractivity contribution in [3.05, 3.63) is 18.0 Å². The Morgan fingerprint density at radius 2 is 2.35 bits per heavy atom. The molecule has 0 radical (unpaired) electrons. The maximum atomic E-state index is 8.76. The van der Waals surface area contributed by atoms with Gasteiger partial charge in [-0.3, -0.25) is 0 Å². The van der Waals surface area contributed by atoms with Crippen LogP contribution in [0.4, 0.5) is 5.95 Å². The third kappa shape index (κ3) is 2.10. The predicted molar refractivity (Wildman–Crippen MR) is 64.2 cm³/mol. The van der Waals surface area contributed by atoms with E-state index in [1.165, 1.54) is 25.7 Å². The second-order valence-corrected chi connectivity index (χ2v) is 5.19. The third-order valence-electron chi connectivity index (χ3n) is 4.18. The molecule has 4 nitrogen and oxygen atoms in total. The second-order valence-electron chi connectivity index (χ2n) is 5.19. The van der Waals surface area contributed by atoms with Gasteiger partial charge in [0, 0.05) is 12.7 Å². The van der Waals surface area contributed by atoms with Crippen LogP contribution in [0.25, 0.3) is 0 Å². The molecule has 3 unspecified atom stereocenters. The van der Waals surface area contributed by atoms with Crippen molar-refractivity contribution in [3.63, 3.8) is 0 Å². The number of nitrogens with one attached hydrogen (secondary N) is 1. The molecular weight excluding hydrogens is 212 g/mol. The number of nitriles is 1. The van der Waals surface area contributed by atoms with Gasteiger partial charge in [0.2, 0.25) is 5.95 Å². The Hall–Kier alpha value is -1.63. The van der Waals surface area contributed by atoms with Crippen LogP contribution in [0, 0.1) is 29.1 Å². The van der Waals surface area contributed by atoms with Gasteiger partial charge >= 0.3 is 0 Å². The van der Waals surface area contributed by atoms with Crippen molar-refractivity contribution < 1.29 is 0 Å². The molecule has 3 atom stereocenters. The fourth-order valence-corrected chi connectivity index (χ4v) is 3.35. The maximum Gasteiger partial charge on any atom is 0.223 e. The van der Waals surface area contributed by atoms with Gasteiger partial charge in [-0.05, 0) is 43.1 Å². The Bertz CT molecular complexity index is 451. The Morgan fingerprint density at radius 3 is 3.06 bits per heavy atom. The van der Waals surface area contributed by atoms with Crippen LogP contribution in [0.15, 0.2) is 12.3 Å². The first-order valence-corrected chi connectivity index (χ1v) is 6.32. The molecule has 2 aliphatic carbocycles. The minimum atomic E-state index is 0.426. The first kappa shape index (κ1) is 10.5. The summed E-state index contributed by atoms with van der Waals surface area (Å²) in [6, 6.07) is 3.66. The summed E-state index contributed by atoms with van der Waals surface area (Å²) >= 11 is 0. The molecule has 1 aromatic heterocycles. The molecular formula is C13H16N4. The van der Waals surface area contributed by atoms with E-state index in [2.05, 4.69) is 15.3 Å². The number of fused-ring (bicyclic) bond motifs is 2. The summed E-state index contributed by atoms with van der Waals surface area (Å²) in [4.78, 5) is 8.27. The number of rotatable bonds is 3. The van der Waals surface area contributed by atoms with Crippen molar-refractivity contribution in [1.82, 2.24) is 9.97 Å². The number of aromatic nitrogens is 2. The molecule has 17 heavy (non-hydrogen) atoms. The lowest BCUT2D eigenvalue weighted by Crippen LogP contribution is -2.21. The van der Waals surface area contributed by atoms with E-state index in [0.717, 1.165) is 24.3 Å². The maximum absolute atomic E-state index is 8.76. The second kappa shape index (κ2) is 4.33. The summed E-state index contributed by atoms with van der Waals surface area (Å²) in [6.45, 7) is 0.954. The van der Waals surface area contributed by atoms with Gasteiger partial charge in [-0.25, -0.2) is 9.97 Å². The summed E-state index contributed by atoms with van der Waals surface area (Å²) in [5, 5.41) is 12.0. The smallest absolute Gasteiger partial charge is 0.223 e. The fraction of sp³-hybridized carbons (Fsp3) is 0.615. The molecule has 2 bridgehead atoms. The molecule has 1 heterocycles. The average molecular weight is 228 g/mol. The number of hydrogen-bond acceptors (Lipinski definition) is 4. The average Bonchev–Trinajstić information content (AvgIpc) is 2.99. The molecule has 4 heteroatoms. The fourth-order valence-electron chi connectivity index (χ4n) is 3.35. The SMILES string of the molecule is N#Cc1ccnc(NCC2CC3CCC2C3)n1. The van der Waals surface area contributed by atoms with E-state index in [-0.39, 0.29) is 0 Å². The van der Waals surface area contributed by atoms with E-state index < -0.39 is 0 Å². The zero-order valence-corrected chi connectivity index (χ0v) is 9.76. The highest BCUT2D eigenvalue weighted by Crippen LogP contribution is 2.48. The van der Waals surface area contributed by atoms with E-state index in [1.807, 2.05) is 6.07 Å². The van der Waals surface area contributed by atoms with Gasteiger partial charge in [0.25, 0.3) is 0 Å². The van der Waals surface area contributed by atoms with E-state index in [1.54, 1.807) is 12.3 Å². The van der Waals surface area contributed by atoms with Crippen LogP contribution < -0.4 is 5.32 Å². The molecule has 3 rings (SSSR count). The van der Waals surface area contributed by atoms with Crippen LogP contribution in [0.5, 0.6) is 0 Å². The Labute approximate surface area is 101 Å². The lowest BCUT2D eigenvalue weighted by atomic mass is 9.89. The van der Waals surface area contributed by atoms with Crippen LogP contribution in [-0.2, 0) is 0 Å². The summed E-state index contributed by atoms with van der Waals surface area (Å²) in [5.74, 6) is 3.25. The summed E-state index contributed by atoms with van der Waals surface area (Å²) < 4.78 is 0. The lowest BCUT2D eigenvalue weighted by molar-refractivity contribution is 0.348. The van der Waals surface area contributed by atoms with E-state index in [4.69, 9.17) is 5.26 Å². The number of anilines is 1.